The van der Waals surface area contributed by atoms with Gasteiger partial charge in [-0.3, -0.25) is 4.79 Å². The zero-order valence-electron chi connectivity index (χ0n) is 7.92. The molecule has 0 unspecified atom stereocenters. The molecule has 76 valence electrons. The fourth-order valence-corrected chi connectivity index (χ4v) is 0.894. The Kier molecular flexibility index (Phi) is 4.00. The molecule has 0 bridgehead atoms. The molecule has 0 amide bonds. The molecule has 1 aromatic heterocycles. The molecular formula is C8H18N4O. The predicted molar refractivity (Wildman–Crippen MR) is 57.4 cm³/mol. The first-order chi connectivity index (χ1) is 5.59. The monoisotopic (exact) mass is 186 g/mol. The largest absolute Gasteiger partial charge is 0.396 e. The highest BCUT2D eigenvalue weighted by Gasteiger charge is 1.99. The molecule has 0 aliphatic rings. The number of aromatic amines is 1. The maximum Gasteiger partial charge on any atom is 0.249 e. The average Bonchev–Trinajstić information content (AvgIpc) is 1.96. The molecule has 0 saturated carbocycles. The summed E-state index contributed by atoms with van der Waals surface area (Å²) in [5, 5.41) is 3.03. The molecule has 0 aromatic carbocycles. The molecule has 1 rings (SSSR count). The predicted octanol–water partition coefficient (Wildman–Crippen LogP) is 1.19. The number of H-pyrrole nitrogens is 1. The van der Waals surface area contributed by atoms with Crippen molar-refractivity contribution in [3.8, 4) is 0 Å². The zero-order chi connectivity index (χ0) is 9.14. The van der Waals surface area contributed by atoms with Gasteiger partial charge in [0.25, 0.3) is 0 Å². The third kappa shape index (κ3) is 3.16. The van der Waals surface area contributed by atoms with Crippen LogP contribution in [-0.4, -0.2) is 11.0 Å². The second-order valence-corrected chi connectivity index (χ2v) is 2.95. The summed E-state index contributed by atoms with van der Waals surface area (Å²) in [6, 6.07) is 3.25. The van der Waals surface area contributed by atoms with E-state index in [9.17, 15) is 4.79 Å². The highest BCUT2D eigenvalue weighted by molar-refractivity contribution is 5.60. The van der Waals surface area contributed by atoms with Crippen LogP contribution in [0.3, 0.4) is 0 Å². The van der Waals surface area contributed by atoms with Crippen molar-refractivity contribution in [2.75, 3.05) is 11.1 Å². The highest BCUT2D eigenvalue weighted by Crippen LogP contribution is 2.11. The summed E-state index contributed by atoms with van der Waals surface area (Å²) in [6.07, 6.45) is 0. The van der Waals surface area contributed by atoms with Crippen molar-refractivity contribution < 1.29 is 1.43 Å². The Hall–Kier alpha value is -1.49. The van der Waals surface area contributed by atoms with E-state index in [4.69, 9.17) is 5.73 Å². The molecule has 0 spiro atoms. The van der Waals surface area contributed by atoms with Crippen molar-refractivity contribution in [3.63, 3.8) is 0 Å². The summed E-state index contributed by atoms with van der Waals surface area (Å²) in [5.74, 6) is 0.595. The molecule has 0 radical (unpaired) electrons. The smallest absolute Gasteiger partial charge is 0.249 e. The van der Waals surface area contributed by atoms with Crippen LogP contribution in [0.25, 0.3) is 0 Å². The van der Waals surface area contributed by atoms with Gasteiger partial charge in [0, 0.05) is 13.5 Å². The zero-order valence-corrected chi connectivity index (χ0v) is 7.92. The molecule has 1 heterocycles. The Morgan fingerprint density at radius 3 is 2.69 bits per heavy atom. The van der Waals surface area contributed by atoms with Gasteiger partial charge in [-0.05, 0) is 19.9 Å². The van der Waals surface area contributed by atoms with E-state index in [0.29, 0.717) is 11.5 Å². The Labute approximate surface area is 78.4 Å². The lowest BCUT2D eigenvalue weighted by molar-refractivity contribution is 0.888. The van der Waals surface area contributed by atoms with Crippen LogP contribution < -0.4 is 22.8 Å². The maximum absolute atomic E-state index is 10.9. The molecule has 7 N–H and O–H groups in total. The van der Waals surface area contributed by atoms with Gasteiger partial charge in [0.2, 0.25) is 5.56 Å². The van der Waals surface area contributed by atoms with Crippen molar-refractivity contribution in [1.29, 1.82) is 0 Å². The molecule has 0 saturated heterocycles. The van der Waals surface area contributed by atoms with Crippen LogP contribution in [0.15, 0.2) is 16.9 Å². The summed E-state index contributed by atoms with van der Waals surface area (Å²) in [7, 11) is 0. The maximum atomic E-state index is 10.9. The first-order valence-corrected chi connectivity index (χ1v) is 3.85. The average molecular weight is 186 g/mol. The third-order valence-electron chi connectivity index (χ3n) is 1.38. The number of rotatable bonds is 2. The van der Waals surface area contributed by atoms with Crippen LogP contribution in [0, 0.1) is 0 Å². The number of hydrogen-bond acceptors (Lipinski definition) is 4. The number of nitrogen functional groups attached to an aromatic ring is 1. The minimum atomic E-state index is -0.146. The number of anilines is 2. The van der Waals surface area contributed by atoms with E-state index in [1.165, 1.54) is 6.07 Å². The first-order valence-electron chi connectivity index (χ1n) is 3.85. The number of nitrogens with one attached hydrogen (secondary N) is 2. The van der Waals surface area contributed by atoms with Crippen LogP contribution >= 0.6 is 0 Å². The molecule has 0 fully saturated rings. The second kappa shape index (κ2) is 4.51. The van der Waals surface area contributed by atoms with Gasteiger partial charge in [0.05, 0.1) is 5.69 Å². The molecule has 0 aliphatic carbocycles. The highest BCUT2D eigenvalue weighted by atomic mass is 16.1. The van der Waals surface area contributed by atoms with Gasteiger partial charge < -0.3 is 22.2 Å². The van der Waals surface area contributed by atoms with E-state index in [1.807, 2.05) is 13.8 Å². The van der Waals surface area contributed by atoms with Crippen LogP contribution in [0.4, 0.5) is 11.5 Å². The van der Waals surface area contributed by atoms with E-state index in [-0.39, 0.29) is 19.2 Å². The second-order valence-electron chi connectivity index (χ2n) is 2.95. The van der Waals surface area contributed by atoms with Crippen molar-refractivity contribution >= 4 is 11.5 Å². The minimum absolute atomic E-state index is 0. The quantitative estimate of drug-likeness (QED) is 0.556. The topological polar surface area (TPSA) is 106 Å². The Morgan fingerprint density at radius 2 is 2.15 bits per heavy atom. The van der Waals surface area contributed by atoms with E-state index in [1.54, 1.807) is 6.07 Å². The standard InChI is InChI=1S/C8H13N3O.H3N.H2/c1-5(2)10-8-6(9)3-4-7(12)11-8;;/h3-5H,9H2,1-2H3,(H2,10,11,12);1H3;1H. The fourth-order valence-electron chi connectivity index (χ4n) is 0.894. The summed E-state index contributed by atoms with van der Waals surface area (Å²) in [5.41, 5.74) is 6.02. The number of hydrogen-bond donors (Lipinski definition) is 4. The van der Waals surface area contributed by atoms with Crippen molar-refractivity contribution in [1.82, 2.24) is 11.1 Å². The summed E-state index contributed by atoms with van der Waals surface area (Å²) >= 11 is 0. The van der Waals surface area contributed by atoms with Gasteiger partial charge in [0.15, 0.2) is 0 Å². The van der Waals surface area contributed by atoms with Crippen molar-refractivity contribution in [3.05, 3.63) is 22.5 Å². The van der Waals surface area contributed by atoms with Crippen LogP contribution in [0.1, 0.15) is 15.3 Å². The summed E-state index contributed by atoms with van der Waals surface area (Å²) in [4.78, 5) is 13.5. The Balaban J connectivity index is 0. The SMILES string of the molecule is CC(C)Nc1[nH]c(=O)ccc1N.N.[HH]. The van der Waals surface area contributed by atoms with Gasteiger partial charge in [-0.2, -0.15) is 0 Å². The van der Waals surface area contributed by atoms with E-state index >= 15 is 0 Å². The Bertz CT molecular complexity index is 323. The molecule has 5 heteroatoms. The van der Waals surface area contributed by atoms with E-state index in [0.717, 1.165) is 0 Å². The van der Waals surface area contributed by atoms with E-state index < -0.39 is 0 Å². The molecule has 1 aromatic rings. The number of aromatic nitrogens is 1. The van der Waals surface area contributed by atoms with Crippen LogP contribution in [0.2, 0.25) is 0 Å². The molecule has 0 atom stereocenters. The lowest BCUT2D eigenvalue weighted by Crippen LogP contribution is -2.16. The van der Waals surface area contributed by atoms with Crippen LogP contribution in [-0.2, 0) is 0 Å². The summed E-state index contributed by atoms with van der Waals surface area (Å²) in [6.45, 7) is 3.95. The van der Waals surface area contributed by atoms with Crippen LogP contribution in [0.5, 0.6) is 0 Å². The van der Waals surface area contributed by atoms with Gasteiger partial charge >= 0.3 is 0 Å². The molecule has 0 aliphatic heterocycles. The van der Waals surface area contributed by atoms with Gasteiger partial charge in [-0.1, -0.05) is 0 Å². The van der Waals surface area contributed by atoms with E-state index in [2.05, 4.69) is 10.3 Å². The van der Waals surface area contributed by atoms with Crippen molar-refractivity contribution in [2.24, 2.45) is 0 Å². The van der Waals surface area contributed by atoms with Crippen molar-refractivity contribution in [2.45, 2.75) is 19.9 Å². The first kappa shape index (κ1) is 11.5. The molecule has 5 nitrogen and oxygen atoms in total. The fraction of sp³-hybridized carbons (Fsp3) is 0.375. The van der Waals surface area contributed by atoms with Gasteiger partial charge in [-0.25, -0.2) is 0 Å². The number of nitrogens with two attached hydrogens (primary N) is 1. The number of pyridine rings is 1. The normalized spacial score (nSPS) is 9.46. The Morgan fingerprint density at radius 1 is 1.54 bits per heavy atom. The van der Waals surface area contributed by atoms with Gasteiger partial charge in [0.1, 0.15) is 5.82 Å². The summed E-state index contributed by atoms with van der Waals surface area (Å²) < 4.78 is 0. The molecule has 13 heavy (non-hydrogen) atoms. The van der Waals surface area contributed by atoms with Gasteiger partial charge in [-0.15, -0.1) is 0 Å². The minimum Gasteiger partial charge on any atom is -0.396 e. The lowest BCUT2D eigenvalue weighted by atomic mass is 10.3. The molecular weight excluding hydrogens is 168 g/mol. The lowest BCUT2D eigenvalue weighted by Gasteiger charge is -2.10. The third-order valence-corrected chi connectivity index (χ3v) is 1.38.